The third kappa shape index (κ3) is 5.19. The van der Waals surface area contributed by atoms with E-state index in [-0.39, 0.29) is 17.7 Å². The van der Waals surface area contributed by atoms with Gasteiger partial charge in [-0.1, -0.05) is 43.1 Å². The normalized spacial score (nSPS) is 21.5. The predicted molar refractivity (Wildman–Crippen MR) is 140 cm³/mol. The van der Waals surface area contributed by atoms with Gasteiger partial charge in [-0.25, -0.2) is 0 Å². The number of hydrogen-bond donors (Lipinski definition) is 0. The Morgan fingerprint density at radius 3 is 2.53 bits per heavy atom. The van der Waals surface area contributed by atoms with Crippen LogP contribution in [0.25, 0.3) is 0 Å². The summed E-state index contributed by atoms with van der Waals surface area (Å²) in [5, 5.41) is 0.555. The first kappa shape index (κ1) is 26.0. The van der Waals surface area contributed by atoms with Crippen LogP contribution in [-0.2, 0) is 14.3 Å². The summed E-state index contributed by atoms with van der Waals surface area (Å²) in [6, 6.07) is 13.1. The van der Waals surface area contributed by atoms with Crippen molar-refractivity contribution in [3.05, 3.63) is 69.9 Å². The number of rotatable bonds is 8. The van der Waals surface area contributed by atoms with Gasteiger partial charge in [0.25, 0.3) is 0 Å². The first-order chi connectivity index (χ1) is 17.4. The van der Waals surface area contributed by atoms with Crippen molar-refractivity contribution >= 4 is 29.1 Å². The van der Waals surface area contributed by atoms with Crippen molar-refractivity contribution in [2.24, 2.45) is 10.9 Å². The van der Waals surface area contributed by atoms with Crippen LogP contribution < -0.4 is 9.47 Å². The number of hydrogen-bond acceptors (Lipinski definition) is 6. The van der Waals surface area contributed by atoms with Gasteiger partial charge < -0.3 is 14.2 Å². The summed E-state index contributed by atoms with van der Waals surface area (Å²) in [6.07, 6.45) is 2.62. The first-order valence-electron chi connectivity index (χ1n) is 12.3. The number of ether oxygens (including phenoxy) is 3. The highest BCUT2D eigenvalue weighted by Crippen LogP contribution is 2.47. The van der Waals surface area contributed by atoms with Gasteiger partial charge in [0.1, 0.15) is 5.92 Å². The number of benzene rings is 2. The van der Waals surface area contributed by atoms with Gasteiger partial charge in [-0.3, -0.25) is 14.6 Å². The molecular formula is C29H32ClNO5. The fourth-order valence-electron chi connectivity index (χ4n) is 5.17. The molecule has 3 atom stereocenters. The first-order valence-corrected chi connectivity index (χ1v) is 12.7. The molecular weight excluding hydrogens is 478 g/mol. The molecule has 0 bridgehead atoms. The molecule has 0 aromatic heterocycles. The standard InChI is InChI=1S/C29H32ClNO5/c1-5-6-12-36-29(33)26-17(2)31-22-14-20(18-10-11-24(34-3)25(16-18)35-4)15-23(32)28(22)27(26)19-8-7-9-21(30)13-19/h7-11,13,16,20,26-27H,5-6,12,14-15H2,1-4H3/t20-,26?,27+/m1/s1. The summed E-state index contributed by atoms with van der Waals surface area (Å²) < 4.78 is 16.5. The number of carbonyl (C=O) groups is 2. The number of unbranched alkanes of at least 4 members (excludes halogenated alkanes) is 1. The SMILES string of the molecule is CCCCOC(=O)C1C(C)=NC2=C(C(=O)C[C@H](c3ccc(OC)c(OC)c3)C2)[C@H]1c1cccc(Cl)c1. The van der Waals surface area contributed by atoms with E-state index < -0.39 is 11.8 Å². The molecule has 0 radical (unpaired) electrons. The highest BCUT2D eigenvalue weighted by Gasteiger charge is 2.44. The average Bonchev–Trinajstić information content (AvgIpc) is 2.87. The van der Waals surface area contributed by atoms with Gasteiger partial charge in [0.2, 0.25) is 0 Å². The van der Waals surface area contributed by atoms with E-state index in [4.69, 9.17) is 30.8 Å². The van der Waals surface area contributed by atoms with E-state index in [1.165, 1.54) is 0 Å². The predicted octanol–water partition coefficient (Wildman–Crippen LogP) is 6.28. The fraction of sp³-hybridized carbons (Fsp3) is 0.414. The van der Waals surface area contributed by atoms with Crippen molar-refractivity contribution in [3.8, 4) is 11.5 Å². The van der Waals surface area contributed by atoms with E-state index in [9.17, 15) is 9.59 Å². The monoisotopic (exact) mass is 509 g/mol. The number of allylic oxidation sites excluding steroid dienone is 2. The maximum absolute atomic E-state index is 13.7. The maximum atomic E-state index is 13.7. The summed E-state index contributed by atoms with van der Waals surface area (Å²) in [4.78, 5) is 31.8. The second-order valence-corrected chi connectivity index (χ2v) is 9.72. The zero-order chi connectivity index (χ0) is 25.8. The molecule has 6 nitrogen and oxygen atoms in total. The molecule has 0 saturated heterocycles. The summed E-state index contributed by atoms with van der Waals surface area (Å²) in [5.41, 5.74) is 3.78. The summed E-state index contributed by atoms with van der Waals surface area (Å²) >= 11 is 6.33. The van der Waals surface area contributed by atoms with Gasteiger partial charge >= 0.3 is 5.97 Å². The van der Waals surface area contributed by atoms with Gasteiger partial charge in [-0.15, -0.1) is 0 Å². The molecule has 0 fully saturated rings. The van der Waals surface area contributed by atoms with E-state index in [1.54, 1.807) is 20.3 Å². The number of halogens is 1. The molecule has 190 valence electrons. The minimum Gasteiger partial charge on any atom is -0.493 e. The zero-order valence-corrected chi connectivity index (χ0v) is 21.9. The van der Waals surface area contributed by atoms with Gasteiger partial charge in [-0.05, 0) is 61.1 Å². The third-order valence-electron chi connectivity index (χ3n) is 6.97. The molecule has 7 heteroatoms. The molecule has 2 aromatic rings. The zero-order valence-electron chi connectivity index (χ0n) is 21.2. The molecule has 0 N–H and O–H groups in total. The van der Waals surface area contributed by atoms with Crippen molar-refractivity contribution < 1.29 is 23.8 Å². The molecule has 1 aliphatic heterocycles. The van der Waals surface area contributed by atoms with Gasteiger partial charge in [0.05, 0.1) is 20.8 Å². The molecule has 2 aliphatic rings. The van der Waals surface area contributed by atoms with E-state index >= 15 is 0 Å². The van der Waals surface area contributed by atoms with Crippen LogP contribution in [0.2, 0.25) is 5.02 Å². The number of Topliss-reactive ketones (excluding diaryl/α,β-unsaturated/α-hetero) is 1. The van der Waals surface area contributed by atoms with Crippen LogP contribution in [0.5, 0.6) is 11.5 Å². The van der Waals surface area contributed by atoms with Crippen LogP contribution in [0.3, 0.4) is 0 Å². The quantitative estimate of drug-likeness (QED) is 0.309. The number of nitrogens with zero attached hydrogens (tertiary/aromatic N) is 1. The Kier molecular flexibility index (Phi) is 8.14. The summed E-state index contributed by atoms with van der Waals surface area (Å²) in [7, 11) is 3.19. The summed E-state index contributed by atoms with van der Waals surface area (Å²) in [5.74, 6) is -0.303. The van der Waals surface area contributed by atoms with Crippen molar-refractivity contribution in [2.45, 2.75) is 51.4 Å². The summed E-state index contributed by atoms with van der Waals surface area (Å²) in [6.45, 7) is 4.24. The van der Waals surface area contributed by atoms with Gasteiger partial charge in [0, 0.05) is 34.3 Å². The Bertz CT molecular complexity index is 1220. The van der Waals surface area contributed by atoms with Crippen LogP contribution >= 0.6 is 11.6 Å². The van der Waals surface area contributed by atoms with Crippen LogP contribution in [0.4, 0.5) is 0 Å². The van der Waals surface area contributed by atoms with E-state index in [0.717, 1.165) is 29.7 Å². The number of esters is 1. The molecule has 1 heterocycles. The fourth-order valence-corrected chi connectivity index (χ4v) is 5.37. The maximum Gasteiger partial charge on any atom is 0.315 e. The van der Waals surface area contributed by atoms with Gasteiger partial charge in [-0.2, -0.15) is 0 Å². The Labute approximate surface area is 217 Å². The Morgan fingerprint density at radius 1 is 1.06 bits per heavy atom. The van der Waals surface area contributed by atoms with Crippen molar-refractivity contribution in [1.82, 2.24) is 0 Å². The molecule has 0 spiro atoms. The molecule has 36 heavy (non-hydrogen) atoms. The smallest absolute Gasteiger partial charge is 0.315 e. The highest BCUT2D eigenvalue weighted by molar-refractivity contribution is 6.30. The number of carbonyl (C=O) groups excluding carboxylic acids is 2. The molecule has 0 amide bonds. The Morgan fingerprint density at radius 2 is 1.83 bits per heavy atom. The van der Waals surface area contributed by atoms with Crippen molar-refractivity contribution in [3.63, 3.8) is 0 Å². The Hall–Kier alpha value is -3.12. The molecule has 2 aromatic carbocycles. The molecule has 0 saturated carbocycles. The van der Waals surface area contributed by atoms with E-state index in [2.05, 4.69) is 0 Å². The van der Waals surface area contributed by atoms with E-state index in [0.29, 0.717) is 47.3 Å². The second-order valence-electron chi connectivity index (χ2n) is 9.29. The number of aliphatic imine (C=N–C) groups is 1. The lowest BCUT2D eigenvalue weighted by molar-refractivity contribution is -0.146. The average molecular weight is 510 g/mol. The van der Waals surface area contributed by atoms with Crippen LogP contribution in [0.1, 0.15) is 62.5 Å². The highest BCUT2D eigenvalue weighted by atomic mass is 35.5. The van der Waals surface area contributed by atoms with E-state index in [1.807, 2.05) is 50.2 Å². The molecule has 1 aliphatic carbocycles. The van der Waals surface area contributed by atoms with Crippen LogP contribution in [0.15, 0.2) is 58.7 Å². The largest absolute Gasteiger partial charge is 0.493 e. The second kappa shape index (κ2) is 11.3. The Balaban J connectivity index is 1.74. The topological polar surface area (TPSA) is 74.2 Å². The molecule has 4 rings (SSSR count). The minimum atomic E-state index is -0.666. The lowest BCUT2D eigenvalue weighted by Gasteiger charge is -2.36. The number of ketones is 1. The lowest BCUT2D eigenvalue weighted by atomic mass is 9.69. The van der Waals surface area contributed by atoms with Crippen LogP contribution in [-0.4, -0.2) is 38.3 Å². The minimum absolute atomic E-state index is 0.0105. The van der Waals surface area contributed by atoms with Crippen molar-refractivity contribution in [2.75, 3.05) is 20.8 Å². The van der Waals surface area contributed by atoms with Crippen molar-refractivity contribution in [1.29, 1.82) is 0 Å². The number of methoxy groups -OCH3 is 2. The lowest BCUT2D eigenvalue weighted by Crippen LogP contribution is -2.38. The van der Waals surface area contributed by atoms with Crippen LogP contribution in [0, 0.1) is 5.92 Å². The van der Waals surface area contributed by atoms with Gasteiger partial charge in [0.15, 0.2) is 17.3 Å². The third-order valence-corrected chi connectivity index (χ3v) is 7.21. The molecule has 1 unspecified atom stereocenters.